The standard InChI is InChI=1S/C42H81NO4/c1-3-5-7-9-11-13-15-16-17-18-19-20-21-22-23-24-26-28-30-32-34-36-41(46)40(38-44)43-42(47)37-39(45)35-33-31-29-27-25-14-12-10-8-6-4-2/h27,29,34,36,39-41,44-46H,3-26,28,30-33,35,37-38H2,1-2H3,(H,43,47)/b29-27-,36-34+. The molecule has 3 unspecified atom stereocenters. The molecular weight excluding hydrogens is 582 g/mol. The highest BCUT2D eigenvalue weighted by molar-refractivity contribution is 5.76. The number of nitrogens with one attached hydrogen (secondary N) is 1. The lowest BCUT2D eigenvalue weighted by Crippen LogP contribution is -2.45. The minimum Gasteiger partial charge on any atom is -0.394 e. The summed E-state index contributed by atoms with van der Waals surface area (Å²) < 4.78 is 0. The molecule has 5 heteroatoms. The number of allylic oxidation sites excluding steroid dienone is 3. The first-order chi connectivity index (χ1) is 23.0. The molecule has 0 radical (unpaired) electrons. The maximum absolute atomic E-state index is 12.4. The highest BCUT2D eigenvalue weighted by Gasteiger charge is 2.20. The number of carbonyl (C=O) groups excluding carboxylic acids is 1. The van der Waals surface area contributed by atoms with Crippen molar-refractivity contribution >= 4 is 5.91 Å². The van der Waals surface area contributed by atoms with Gasteiger partial charge >= 0.3 is 0 Å². The van der Waals surface area contributed by atoms with Gasteiger partial charge in [0.1, 0.15) is 0 Å². The Hall–Kier alpha value is -1.17. The second kappa shape index (κ2) is 37.6. The van der Waals surface area contributed by atoms with E-state index in [2.05, 4.69) is 31.3 Å². The van der Waals surface area contributed by atoms with E-state index < -0.39 is 18.2 Å². The Kier molecular flexibility index (Phi) is 36.7. The van der Waals surface area contributed by atoms with Crippen molar-refractivity contribution in [2.45, 2.75) is 231 Å². The summed E-state index contributed by atoms with van der Waals surface area (Å²) in [7, 11) is 0. The summed E-state index contributed by atoms with van der Waals surface area (Å²) in [6.45, 7) is 4.19. The molecule has 0 aromatic rings. The van der Waals surface area contributed by atoms with E-state index in [1.165, 1.54) is 154 Å². The summed E-state index contributed by atoms with van der Waals surface area (Å²) in [5.41, 5.74) is 0. The molecule has 0 aliphatic carbocycles. The Morgan fingerprint density at radius 3 is 1.30 bits per heavy atom. The number of aliphatic hydroxyl groups is 3. The van der Waals surface area contributed by atoms with Crippen LogP contribution >= 0.6 is 0 Å². The molecule has 278 valence electrons. The van der Waals surface area contributed by atoms with Crippen molar-refractivity contribution in [3.8, 4) is 0 Å². The van der Waals surface area contributed by atoms with Crippen molar-refractivity contribution < 1.29 is 20.1 Å². The molecule has 0 aliphatic rings. The zero-order chi connectivity index (χ0) is 34.5. The van der Waals surface area contributed by atoms with Gasteiger partial charge in [-0.3, -0.25) is 4.79 Å². The second-order valence-corrected chi connectivity index (χ2v) is 14.2. The van der Waals surface area contributed by atoms with Crippen LogP contribution in [-0.4, -0.2) is 46.1 Å². The molecule has 3 atom stereocenters. The van der Waals surface area contributed by atoms with Crippen molar-refractivity contribution in [3.63, 3.8) is 0 Å². The molecule has 4 N–H and O–H groups in total. The number of carbonyl (C=O) groups is 1. The molecule has 5 nitrogen and oxygen atoms in total. The van der Waals surface area contributed by atoms with Crippen LogP contribution in [0.2, 0.25) is 0 Å². The van der Waals surface area contributed by atoms with Gasteiger partial charge < -0.3 is 20.6 Å². The van der Waals surface area contributed by atoms with E-state index in [0.29, 0.717) is 6.42 Å². The number of rotatable bonds is 37. The average Bonchev–Trinajstić information content (AvgIpc) is 3.06. The second-order valence-electron chi connectivity index (χ2n) is 14.2. The lowest BCUT2D eigenvalue weighted by Gasteiger charge is -2.20. The molecule has 0 saturated heterocycles. The van der Waals surface area contributed by atoms with E-state index in [1.807, 2.05) is 6.08 Å². The number of hydrogen-bond donors (Lipinski definition) is 4. The van der Waals surface area contributed by atoms with Crippen LogP contribution in [0.1, 0.15) is 213 Å². The minimum absolute atomic E-state index is 0.00618. The molecule has 0 spiro atoms. The smallest absolute Gasteiger partial charge is 0.222 e. The third kappa shape index (κ3) is 34.5. The fourth-order valence-electron chi connectivity index (χ4n) is 6.28. The van der Waals surface area contributed by atoms with Gasteiger partial charge in [-0.1, -0.05) is 186 Å². The fourth-order valence-corrected chi connectivity index (χ4v) is 6.28. The summed E-state index contributed by atoms with van der Waals surface area (Å²) in [6.07, 6.45) is 44.6. The number of amides is 1. The van der Waals surface area contributed by atoms with E-state index in [9.17, 15) is 20.1 Å². The summed E-state index contributed by atoms with van der Waals surface area (Å²) in [5, 5.41) is 33.1. The Bertz CT molecular complexity index is 694. The van der Waals surface area contributed by atoms with Gasteiger partial charge in [-0.05, 0) is 44.9 Å². The van der Waals surface area contributed by atoms with E-state index >= 15 is 0 Å². The number of unbranched alkanes of at least 4 members (excludes halogenated alkanes) is 26. The maximum atomic E-state index is 12.4. The molecular formula is C42H81NO4. The Balaban J connectivity index is 3.67. The zero-order valence-electron chi connectivity index (χ0n) is 31.4. The largest absolute Gasteiger partial charge is 0.394 e. The number of hydrogen-bond acceptors (Lipinski definition) is 4. The van der Waals surface area contributed by atoms with Crippen molar-refractivity contribution in [2.75, 3.05) is 6.61 Å². The van der Waals surface area contributed by atoms with Crippen LogP contribution < -0.4 is 5.32 Å². The third-order valence-electron chi connectivity index (χ3n) is 9.48. The molecule has 0 aromatic carbocycles. The predicted molar refractivity (Wildman–Crippen MR) is 204 cm³/mol. The van der Waals surface area contributed by atoms with Crippen molar-refractivity contribution in [3.05, 3.63) is 24.3 Å². The van der Waals surface area contributed by atoms with E-state index in [0.717, 1.165) is 32.1 Å². The summed E-state index contributed by atoms with van der Waals surface area (Å²) in [5.74, 6) is -0.332. The highest BCUT2D eigenvalue weighted by atomic mass is 16.3. The van der Waals surface area contributed by atoms with Gasteiger partial charge in [0.2, 0.25) is 5.91 Å². The molecule has 1 amide bonds. The highest BCUT2D eigenvalue weighted by Crippen LogP contribution is 2.15. The van der Waals surface area contributed by atoms with Crippen LogP contribution in [0, 0.1) is 0 Å². The van der Waals surface area contributed by atoms with E-state index in [4.69, 9.17) is 0 Å². The Morgan fingerprint density at radius 2 is 0.894 bits per heavy atom. The van der Waals surface area contributed by atoms with Crippen LogP contribution in [0.15, 0.2) is 24.3 Å². The average molecular weight is 664 g/mol. The third-order valence-corrected chi connectivity index (χ3v) is 9.48. The summed E-state index contributed by atoms with van der Waals surface area (Å²) >= 11 is 0. The molecule has 0 fully saturated rings. The number of aliphatic hydroxyl groups excluding tert-OH is 3. The quantitative estimate of drug-likeness (QED) is 0.0393. The van der Waals surface area contributed by atoms with Gasteiger partial charge in [-0.15, -0.1) is 0 Å². The van der Waals surface area contributed by atoms with Crippen LogP contribution in [0.5, 0.6) is 0 Å². The van der Waals surface area contributed by atoms with Crippen molar-refractivity contribution in [1.82, 2.24) is 5.32 Å². The SMILES string of the molecule is CCCCCCCC/C=C\CCCC(O)CC(=O)NC(CO)C(O)/C=C/CCCCCCCCCCCCCCCCCCCCC. The van der Waals surface area contributed by atoms with Gasteiger partial charge in [-0.2, -0.15) is 0 Å². The summed E-state index contributed by atoms with van der Waals surface area (Å²) in [4.78, 5) is 12.4. The molecule has 0 rings (SSSR count). The Labute approximate surface area is 292 Å². The molecule has 47 heavy (non-hydrogen) atoms. The van der Waals surface area contributed by atoms with Crippen LogP contribution in [0.25, 0.3) is 0 Å². The van der Waals surface area contributed by atoms with Crippen LogP contribution in [-0.2, 0) is 4.79 Å². The van der Waals surface area contributed by atoms with Crippen molar-refractivity contribution in [1.29, 1.82) is 0 Å². The maximum Gasteiger partial charge on any atom is 0.222 e. The van der Waals surface area contributed by atoms with E-state index in [-0.39, 0.29) is 18.9 Å². The van der Waals surface area contributed by atoms with Crippen molar-refractivity contribution in [2.24, 2.45) is 0 Å². The summed E-state index contributed by atoms with van der Waals surface area (Å²) in [6, 6.07) is -0.749. The first-order valence-electron chi connectivity index (χ1n) is 20.6. The zero-order valence-corrected chi connectivity index (χ0v) is 31.4. The monoisotopic (exact) mass is 664 g/mol. The van der Waals surface area contributed by atoms with Gasteiger partial charge in [0, 0.05) is 0 Å². The normalized spacial score (nSPS) is 13.9. The predicted octanol–water partition coefficient (Wildman–Crippen LogP) is 11.4. The first kappa shape index (κ1) is 45.8. The van der Waals surface area contributed by atoms with Crippen LogP contribution in [0.3, 0.4) is 0 Å². The van der Waals surface area contributed by atoms with E-state index in [1.54, 1.807) is 6.08 Å². The Morgan fingerprint density at radius 1 is 0.532 bits per heavy atom. The minimum atomic E-state index is -0.932. The topological polar surface area (TPSA) is 89.8 Å². The molecule has 0 heterocycles. The first-order valence-corrected chi connectivity index (χ1v) is 20.6. The molecule has 0 bridgehead atoms. The van der Waals surface area contributed by atoms with Gasteiger partial charge in [0.15, 0.2) is 0 Å². The molecule has 0 aromatic heterocycles. The van der Waals surface area contributed by atoms with Crippen LogP contribution in [0.4, 0.5) is 0 Å². The molecule has 0 saturated carbocycles. The van der Waals surface area contributed by atoms with Gasteiger partial charge in [0.25, 0.3) is 0 Å². The lowest BCUT2D eigenvalue weighted by molar-refractivity contribution is -0.124. The lowest BCUT2D eigenvalue weighted by atomic mass is 10.0. The molecule has 0 aliphatic heterocycles. The fraction of sp³-hybridized carbons (Fsp3) is 0.881. The van der Waals surface area contributed by atoms with Gasteiger partial charge in [-0.25, -0.2) is 0 Å². The van der Waals surface area contributed by atoms with Gasteiger partial charge in [0.05, 0.1) is 31.3 Å².